The van der Waals surface area contributed by atoms with Gasteiger partial charge in [-0.2, -0.15) is 0 Å². The van der Waals surface area contributed by atoms with Gasteiger partial charge in [0.1, 0.15) is 5.84 Å². The molecule has 1 unspecified atom stereocenters. The van der Waals surface area contributed by atoms with Gasteiger partial charge in [-0.05, 0) is 30.0 Å². The number of para-hydroxylation sites is 1. The van der Waals surface area contributed by atoms with Gasteiger partial charge in [-0.15, -0.1) is 0 Å². The van der Waals surface area contributed by atoms with E-state index in [-0.39, 0.29) is 11.5 Å². The number of amidine groups is 1. The largest absolute Gasteiger partial charge is 0.366 e. The smallest absolute Gasteiger partial charge is 0.108 e. The first-order valence-corrected chi connectivity index (χ1v) is 8.09. The molecule has 2 heteroatoms. The summed E-state index contributed by atoms with van der Waals surface area (Å²) >= 11 is 0. The SMILES string of the molecule is CCC(C)(C)C1=Nc2ccccc2CC(c2ccccc2)N1. The summed E-state index contributed by atoms with van der Waals surface area (Å²) in [5.41, 5.74) is 3.78. The van der Waals surface area contributed by atoms with Crippen molar-refractivity contribution in [2.75, 3.05) is 0 Å². The van der Waals surface area contributed by atoms with Crippen molar-refractivity contribution in [3.05, 3.63) is 65.7 Å². The molecule has 1 aliphatic heterocycles. The van der Waals surface area contributed by atoms with Gasteiger partial charge in [0.15, 0.2) is 0 Å². The molecule has 22 heavy (non-hydrogen) atoms. The fourth-order valence-electron chi connectivity index (χ4n) is 2.78. The maximum Gasteiger partial charge on any atom is 0.108 e. The maximum atomic E-state index is 4.96. The van der Waals surface area contributed by atoms with Gasteiger partial charge in [-0.25, -0.2) is 4.99 Å². The standard InChI is InChI=1S/C20H24N2/c1-4-20(2,3)19-21-17-13-9-8-12-16(17)14-18(22-19)15-10-6-5-7-11-15/h5-13,18H,4,14H2,1-3H3,(H,21,22). The van der Waals surface area contributed by atoms with Crippen LogP contribution in [0.3, 0.4) is 0 Å². The lowest BCUT2D eigenvalue weighted by molar-refractivity contribution is 0.471. The highest BCUT2D eigenvalue weighted by molar-refractivity contribution is 5.91. The van der Waals surface area contributed by atoms with Crippen LogP contribution in [0.5, 0.6) is 0 Å². The Hall–Kier alpha value is -2.09. The average Bonchev–Trinajstić information content (AvgIpc) is 2.75. The Bertz CT molecular complexity index is 671. The van der Waals surface area contributed by atoms with Crippen molar-refractivity contribution >= 4 is 11.5 Å². The molecule has 0 bridgehead atoms. The van der Waals surface area contributed by atoms with Crippen LogP contribution >= 0.6 is 0 Å². The fraction of sp³-hybridized carbons (Fsp3) is 0.350. The summed E-state index contributed by atoms with van der Waals surface area (Å²) in [6, 6.07) is 19.4. The number of rotatable bonds is 3. The molecule has 0 spiro atoms. The van der Waals surface area contributed by atoms with Gasteiger partial charge in [-0.1, -0.05) is 69.3 Å². The molecule has 2 aromatic rings. The zero-order valence-corrected chi connectivity index (χ0v) is 13.6. The first-order valence-electron chi connectivity index (χ1n) is 8.09. The Balaban J connectivity index is 2.06. The van der Waals surface area contributed by atoms with E-state index in [1.807, 2.05) is 0 Å². The van der Waals surface area contributed by atoms with E-state index in [2.05, 4.69) is 80.7 Å². The zero-order chi connectivity index (χ0) is 15.6. The third kappa shape index (κ3) is 2.92. The van der Waals surface area contributed by atoms with Crippen LogP contribution in [0.2, 0.25) is 0 Å². The lowest BCUT2D eigenvalue weighted by Gasteiger charge is -2.29. The monoisotopic (exact) mass is 292 g/mol. The number of nitrogens with zero attached hydrogens (tertiary/aromatic N) is 1. The van der Waals surface area contributed by atoms with E-state index in [1.54, 1.807) is 0 Å². The first-order chi connectivity index (χ1) is 10.6. The summed E-state index contributed by atoms with van der Waals surface area (Å²) in [5.74, 6) is 1.09. The molecule has 2 nitrogen and oxygen atoms in total. The van der Waals surface area contributed by atoms with Gasteiger partial charge in [0.25, 0.3) is 0 Å². The van der Waals surface area contributed by atoms with Crippen molar-refractivity contribution < 1.29 is 0 Å². The van der Waals surface area contributed by atoms with Gasteiger partial charge in [0, 0.05) is 5.41 Å². The summed E-state index contributed by atoms with van der Waals surface area (Å²) in [6.45, 7) is 6.74. The highest BCUT2D eigenvalue weighted by Gasteiger charge is 2.28. The van der Waals surface area contributed by atoms with E-state index in [0.717, 1.165) is 24.4 Å². The highest BCUT2D eigenvalue weighted by atomic mass is 15.1. The summed E-state index contributed by atoms with van der Waals surface area (Å²) < 4.78 is 0. The van der Waals surface area contributed by atoms with Crippen molar-refractivity contribution in [2.24, 2.45) is 10.4 Å². The molecule has 0 aliphatic carbocycles. The van der Waals surface area contributed by atoms with Gasteiger partial charge in [0.2, 0.25) is 0 Å². The molecule has 0 fully saturated rings. The van der Waals surface area contributed by atoms with Crippen molar-refractivity contribution in [1.82, 2.24) is 5.32 Å². The number of hydrogen-bond acceptors (Lipinski definition) is 2. The number of nitrogens with one attached hydrogen (secondary N) is 1. The van der Waals surface area contributed by atoms with Crippen molar-refractivity contribution in [3.63, 3.8) is 0 Å². The second-order valence-electron chi connectivity index (χ2n) is 6.64. The van der Waals surface area contributed by atoms with Crippen molar-refractivity contribution in [3.8, 4) is 0 Å². The van der Waals surface area contributed by atoms with Crippen LogP contribution in [-0.4, -0.2) is 5.84 Å². The second-order valence-corrected chi connectivity index (χ2v) is 6.64. The number of aliphatic imine (C=N–C) groups is 1. The van der Waals surface area contributed by atoms with Gasteiger partial charge in [0.05, 0.1) is 11.7 Å². The van der Waals surface area contributed by atoms with Crippen LogP contribution in [0.15, 0.2) is 59.6 Å². The van der Waals surface area contributed by atoms with E-state index in [0.29, 0.717) is 0 Å². The molecule has 2 aromatic carbocycles. The number of fused-ring (bicyclic) bond motifs is 1. The molecule has 1 atom stereocenters. The summed E-state index contributed by atoms with van der Waals surface area (Å²) in [7, 11) is 0. The molecule has 1 N–H and O–H groups in total. The van der Waals surface area contributed by atoms with E-state index in [4.69, 9.17) is 4.99 Å². The highest BCUT2D eigenvalue weighted by Crippen LogP contribution is 2.33. The minimum Gasteiger partial charge on any atom is -0.366 e. The molecule has 0 aromatic heterocycles. The van der Waals surface area contributed by atoms with E-state index in [9.17, 15) is 0 Å². The second kappa shape index (κ2) is 5.96. The molecular weight excluding hydrogens is 268 g/mol. The Kier molecular flexibility index (Phi) is 4.02. The number of hydrogen-bond donors (Lipinski definition) is 1. The Labute approximate surface area is 133 Å². The predicted octanol–water partition coefficient (Wildman–Crippen LogP) is 5.04. The topological polar surface area (TPSA) is 24.4 Å². The molecule has 0 amide bonds. The minimum atomic E-state index is 0.0461. The zero-order valence-electron chi connectivity index (χ0n) is 13.6. The van der Waals surface area contributed by atoms with Crippen LogP contribution in [0.4, 0.5) is 5.69 Å². The van der Waals surface area contributed by atoms with Crippen LogP contribution in [0.25, 0.3) is 0 Å². The maximum absolute atomic E-state index is 4.96. The Morgan fingerprint density at radius 3 is 2.45 bits per heavy atom. The molecule has 1 heterocycles. The quantitative estimate of drug-likeness (QED) is 0.842. The molecule has 1 aliphatic rings. The van der Waals surface area contributed by atoms with E-state index in [1.165, 1.54) is 11.1 Å². The van der Waals surface area contributed by atoms with Crippen LogP contribution < -0.4 is 5.32 Å². The van der Waals surface area contributed by atoms with Crippen LogP contribution in [0, 0.1) is 5.41 Å². The summed E-state index contributed by atoms with van der Waals surface area (Å²) in [5, 5.41) is 3.72. The molecule has 0 radical (unpaired) electrons. The molecule has 0 saturated carbocycles. The third-order valence-electron chi connectivity index (χ3n) is 4.69. The first kappa shape index (κ1) is 14.8. The predicted molar refractivity (Wildman–Crippen MR) is 93.6 cm³/mol. The molecular formula is C20H24N2. The lowest BCUT2D eigenvalue weighted by atomic mass is 9.88. The third-order valence-corrected chi connectivity index (χ3v) is 4.69. The van der Waals surface area contributed by atoms with Crippen molar-refractivity contribution in [1.29, 1.82) is 0 Å². The minimum absolute atomic E-state index is 0.0461. The summed E-state index contributed by atoms with van der Waals surface area (Å²) in [4.78, 5) is 4.96. The van der Waals surface area contributed by atoms with Gasteiger partial charge in [-0.3, -0.25) is 0 Å². The van der Waals surface area contributed by atoms with Crippen LogP contribution in [0.1, 0.15) is 44.4 Å². The van der Waals surface area contributed by atoms with Crippen LogP contribution in [-0.2, 0) is 6.42 Å². The molecule has 3 rings (SSSR count). The molecule has 0 saturated heterocycles. The average molecular weight is 292 g/mol. The van der Waals surface area contributed by atoms with Crippen molar-refractivity contribution in [2.45, 2.75) is 39.7 Å². The Morgan fingerprint density at radius 1 is 1.05 bits per heavy atom. The molecule has 114 valence electrons. The fourth-order valence-corrected chi connectivity index (χ4v) is 2.78. The van der Waals surface area contributed by atoms with E-state index >= 15 is 0 Å². The van der Waals surface area contributed by atoms with Gasteiger partial charge < -0.3 is 5.32 Å². The summed E-state index contributed by atoms with van der Waals surface area (Å²) in [6.07, 6.45) is 2.02. The normalized spacial score (nSPS) is 18.0. The van der Waals surface area contributed by atoms with E-state index < -0.39 is 0 Å². The van der Waals surface area contributed by atoms with Gasteiger partial charge >= 0.3 is 0 Å². The number of benzene rings is 2. The lowest BCUT2D eigenvalue weighted by Crippen LogP contribution is -2.38. The Morgan fingerprint density at radius 2 is 1.73 bits per heavy atom.